The zero-order valence-electron chi connectivity index (χ0n) is 11.9. The summed E-state index contributed by atoms with van der Waals surface area (Å²) in [6.07, 6.45) is 1.53. The molecule has 0 spiro atoms. The summed E-state index contributed by atoms with van der Waals surface area (Å²) < 4.78 is 32.1. The molecule has 0 unspecified atom stereocenters. The summed E-state index contributed by atoms with van der Waals surface area (Å²) in [7, 11) is 0. The van der Waals surface area contributed by atoms with Gasteiger partial charge in [0.05, 0.1) is 16.8 Å². The van der Waals surface area contributed by atoms with E-state index in [0.29, 0.717) is 5.75 Å². The molecule has 6 heteroatoms. The molecule has 23 heavy (non-hydrogen) atoms. The van der Waals surface area contributed by atoms with Gasteiger partial charge in [0, 0.05) is 6.07 Å². The maximum atomic E-state index is 13.5. The monoisotopic (exact) mass is 330 g/mol. The van der Waals surface area contributed by atoms with E-state index in [1.807, 2.05) is 41.8 Å². The van der Waals surface area contributed by atoms with Gasteiger partial charge in [0.15, 0.2) is 5.82 Å². The molecule has 0 amide bonds. The molecule has 1 aromatic heterocycles. The Balaban J connectivity index is 1.70. The van der Waals surface area contributed by atoms with E-state index < -0.39 is 11.6 Å². The van der Waals surface area contributed by atoms with Crippen molar-refractivity contribution < 1.29 is 13.5 Å². The molecule has 0 aliphatic rings. The number of nitrogens with one attached hydrogen (secondary N) is 1. The van der Waals surface area contributed by atoms with E-state index in [0.717, 1.165) is 22.8 Å². The van der Waals surface area contributed by atoms with Crippen LogP contribution in [0.25, 0.3) is 0 Å². The van der Waals surface area contributed by atoms with Gasteiger partial charge >= 0.3 is 0 Å². The highest BCUT2D eigenvalue weighted by Crippen LogP contribution is 2.28. The second kappa shape index (κ2) is 7.02. The van der Waals surface area contributed by atoms with Crippen LogP contribution in [0.3, 0.4) is 0 Å². The number of ether oxygens (including phenoxy) is 1. The highest BCUT2D eigenvalue weighted by molar-refractivity contribution is 7.12. The van der Waals surface area contributed by atoms with Crippen LogP contribution in [0, 0.1) is 11.6 Å². The Hall–Kier alpha value is -2.73. The second-order valence-electron chi connectivity index (χ2n) is 4.56. The fourth-order valence-corrected chi connectivity index (χ4v) is 2.52. The second-order valence-corrected chi connectivity index (χ2v) is 5.51. The summed E-state index contributed by atoms with van der Waals surface area (Å²) in [4.78, 5) is 0.781. The van der Waals surface area contributed by atoms with Crippen LogP contribution in [0.15, 0.2) is 65.1 Å². The number of hydrogen-bond acceptors (Lipinski definition) is 4. The van der Waals surface area contributed by atoms with Gasteiger partial charge in [0.1, 0.15) is 17.3 Å². The molecule has 3 rings (SSSR count). The first-order chi connectivity index (χ1) is 11.2. The van der Waals surface area contributed by atoms with Gasteiger partial charge in [0.25, 0.3) is 0 Å². The molecule has 0 saturated heterocycles. The number of nitrogens with zero attached hydrogens (tertiary/aromatic N) is 1. The fourth-order valence-electron chi connectivity index (χ4n) is 1.84. The Labute approximate surface area is 135 Å². The molecule has 0 aliphatic carbocycles. The van der Waals surface area contributed by atoms with E-state index in [1.54, 1.807) is 0 Å². The number of rotatable bonds is 5. The molecule has 0 radical (unpaired) electrons. The van der Waals surface area contributed by atoms with Crippen molar-refractivity contribution in [1.29, 1.82) is 0 Å². The van der Waals surface area contributed by atoms with E-state index in [2.05, 4.69) is 10.5 Å². The lowest BCUT2D eigenvalue weighted by atomic mass is 10.3. The average molecular weight is 330 g/mol. The van der Waals surface area contributed by atoms with Gasteiger partial charge in [-0.2, -0.15) is 5.10 Å². The van der Waals surface area contributed by atoms with Crippen molar-refractivity contribution in [1.82, 2.24) is 0 Å². The smallest absolute Gasteiger partial charge is 0.151 e. The van der Waals surface area contributed by atoms with E-state index in [9.17, 15) is 8.78 Å². The van der Waals surface area contributed by atoms with Crippen LogP contribution < -0.4 is 10.2 Å². The Bertz CT molecular complexity index is 818. The van der Waals surface area contributed by atoms with Gasteiger partial charge in [-0.05, 0) is 35.7 Å². The minimum Gasteiger partial charge on any atom is -0.456 e. The van der Waals surface area contributed by atoms with Crippen LogP contribution in [0.2, 0.25) is 0 Å². The number of hydrazone groups is 1. The first-order valence-electron chi connectivity index (χ1n) is 6.77. The summed E-state index contributed by atoms with van der Waals surface area (Å²) >= 11 is 1.44. The minimum atomic E-state index is -0.700. The van der Waals surface area contributed by atoms with Gasteiger partial charge in [-0.1, -0.05) is 18.2 Å². The van der Waals surface area contributed by atoms with Crippen molar-refractivity contribution in [2.75, 3.05) is 5.43 Å². The molecule has 2 aromatic carbocycles. The van der Waals surface area contributed by atoms with Gasteiger partial charge < -0.3 is 4.74 Å². The van der Waals surface area contributed by atoms with Crippen molar-refractivity contribution in [3.8, 4) is 11.5 Å². The molecule has 3 aromatic rings. The van der Waals surface area contributed by atoms with Crippen molar-refractivity contribution in [2.24, 2.45) is 5.10 Å². The predicted molar refractivity (Wildman–Crippen MR) is 88.4 cm³/mol. The predicted octanol–water partition coefficient (Wildman–Crippen LogP) is 5.26. The van der Waals surface area contributed by atoms with Crippen LogP contribution in [-0.4, -0.2) is 6.21 Å². The summed E-state index contributed by atoms with van der Waals surface area (Å²) in [5.41, 5.74) is 2.65. The van der Waals surface area contributed by atoms with Gasteiger partial charge in [-0.25, -0.2) is 8.78 Å². The van der Waals surface area contributed by atoms with Gasteiger partial charge in [0.2, 0.25) is 0 Å². The van der Waals surface area contributed by atoms with E-state index in [-0.39, 0.29) is 5.69 Å². The van der Waals surface area contributed by atoms with Crippen LogP contribution >= 0.6 is 11.3 Å². The molecule has 0 bridgehead atoms. The van der Waals surface area contributed by atoms with E-state index in [1.165, 1.54) is 23.6 Å². The summed E-state index contributed by atoms with van der Waals surface area (Å²) in [6.45, 7) is 0. The van der Waals surface area contributed by atoms with Crippen LogP contribution in [0.5, 0.6) is 11.5 Å². The number of hydrogen-bond donors (Lipinski definition) is 1. The highest BCUT2D eigenvalue weighted by Gasteiger charge is 2.05. The summed E-state index contributed by atoms with van der Waals surface area (Å²) in [6, 6.07) is 14.5. The van der Waals surface area contributed by atoms with Crippen molar-refractivity contribution >= 4 is 23.2 Å². The van der Waals surface area contributed by atoms with Gasteiger partial charge in [-0.15, -0.1) is 11.3 Å². The Morgan fingerprint density at radius 3 is 2.65 bits per heavy atom. The maximum Gasteiger partial charge on any atom is 0.151 e. The lowest BCUT2D eigenvalue weighted by Crippen LogP contribution is -1.94. The molecular weight excluding hydrogens is 318 g/mol. The first-order valence-corrected chi connectivity index (χ1v) is 7.65. The topological polar surface area (TPSA) is 33.6 Å². The number of thiophene rings is 1. The van der Waals surface area contributed by atoms with Crippen molar-refractivity contribution in [3.63, 3.8) is 0 Å². The number of halogens is 2. The zero-order chi connectivity index (χ0) is 16.1. The molecule has 1 heterocycles. The van der Waals surface area contributed by atoms with Crippen LogP contribution in [0.1, 0.15) is 4.88 Å². The average Bonchev–Trinajstić information content (AvgIpc) is 2.98. The summed E-state index contributed by atoms with van der Waals surface area (Å²) in [5, 5.41) is 5.84. The largest absolute Gasteiger partial charge is 0.456 e. The Kier molecular flexibility index (Phi) is 4.63. The SMILES string of the molecule is Fc1ccc(NN=Cc2sccc2Oc2ccccc2)c(F)c1. The van der Waals surface area contributed by atoms with Crippen LogP contribution in [0.4, 0.5) is 14.5 Å². The van der Waals surface area contributed by atoms with Gasteiger partial charge in [-0.3, -0.25) is 5.43 Å². The maximum absolute atomic E-state index is 13.5. The lowest BCUT2D eigenvalue weighted by Gasteiger charge is -2.04. The molecular formula is C17H12F2N2OS. The van der Waals surface area contributed by atoms with Crippen molar-refractivity contribution in [3.05, 3.63) is 76.5 Å². The number of benzene rings is 2. The standard InChI is InChI=1S/C17H12F2N2OS/c18-12-6-7-15(14(19)10-12)21-20-11-17-16(8-9-23-17)22-13-4-2-1-3-5-13/h1-11,21H. The molecule has 0 fully saturated rings. The molecule has 0 saturated carbocycles. The number of para-hydroxylation sites is 1. The fraction of sp³-hybridized carbons (Fsp3) is 0. The quantitative estimate of drug-likeness (QED) is 0.511. The third-order valence-electron chi connectivity index (χ3n) is 2.93. The van der Waals surface area contributed by atoms with E-state index >= 15 is 0 Å². The summed E-state index contributed by atoms with van der Waals surface area (Å²) in [5.74, 6) is 0.0485. The van der Waals surface area contributed by atoms with Crippen molar-refractivity contribution in [2.45, 2.75) is 0 Å². The zero-order valence-corrected chi connectivity index (χ0v) is 12.7. The lowest BCUT2D eigenvalue weighted by molar-refractivity contribution is 0.484. The molecule has 3 nitrogen and oxygen atoms in total. The third-order valence-corrected chi connectivity index (χ3v) is 3.76. The third kappa shape index (κ3) is 3.92. The number of anilines is 1. The molecule has 0 aliphatic heterocycles. The molecule has 0 atom stereocenters. The first kappa shape index (κ1) is 15.2. The molecule has 116 valence electrons. The van der Waals surface area contributed by atoms with E-state index in [4.69, 9.17) is 4.74 Å². The highest BCUT2D eigenvalue weighted by atomic mass is 32.1. The Morgan fingerprint density at radius 1 is 1.04 bits per heavy atom. The minimum absolute atomic E-state index is 0.102. The normalized spacial score (nSPS) is 10.9. The molecule has 1 N–H and O–H groups in total. The van der Waals surface area contributed by atoms with Crippen LogP contribution in [-0.2, 0) is 0 Å². The Morgan fingerprint density at radius 2 is 1.87 bits per heavy atom.